The van der Waals surface area contributed by atoms with Crippen LogP contribution in [0.15, 0.2) is 0 Å². The van der Waals surface area contributed by atoms with Crippen LogP contribution in [-0.2, 0) is 9.53 Å². The van der Waals surface area contributed by atoms with Gasteiger partial charge in [0.1, 0.15) is 0 Å². The second-order valence-corrected chi connectivity index (χ2v) is 7.64. The molecule has 0 aliphatic heterocycles. The molecule has 1 fully saturated rings. The van der Waals surface area contributed by atoms with E-state index in [1.165, 1.54) is 51.4 Å². The predicted octanol–water partition coefficient (Wildman–Crippen LogP) is 4.73. The third kappa shape index (κ3) is 13.3. The molecule has 0 radical (unpaired) electrons. The topological polar surface area (TPSA) is 58.6 Å². The van der Waals surface area contributed by atoms with Crippen LogP contribution in [0.4, 0.5) is 0 Å². The first-order chi connectivity index (χ1) is 12.2. The Morgan fingerprint density at radius 1 is 0.920 bits per heavy atom. The van der Waals surface area contributed by atoms with E-state index in [2.05, 4.69) is 12.2 Å². The van der Waals surface area contributed by atoms with Crippen molar-refractivity contribution in [1.82, 2.24) is 5.32 Å². The van der Waals surface area contributed by atoms with E-state index in [-0.39, 0.29) is 12.1 Å². The first-order valence-corrected chi connectivity index (χ1v) is 10.8. The van der Waals surface area contributed by atoms with Crippen molar-refractivity contribution in [2.75, 3.05) is 13.2 Å². The van der Waals surface area contributed by atoms with Crippen LogP contribution in [0.25, 0.3) is 0 Å². The zero-order chi connectivity index (χ0) is 18.2. The average molecular weight is 356 g/mol. The molecule has 0 aromatic rings. The standard InChI is InChI=1S/C21H41NO3/c1-2-3-4-5-6-7-8-9-13-16-25-21(24)14-11-10-12-15-22-19-17-20(23)18-19/h19-20,22-23H,2-18H2,1H3. The van der Waals surface area contributed by atoms with Crippen LogP contribution in [-0.4, -0.2) is 36.4 Å². The normalized spacial score (nSPS) is 19.6. The van der Waals surface area contributed by atoms with Gasteiger partial charge in [-0.2, -0.15) is 0 Å². The van der Waals surface area contributed by atoms with Gasteiger partial charge >= 0.3 is 5.97 Å². The van der Waals surface area contributed by atoms with Crippen LogP contribution < -0.4 is 5.32 Å². The molecule has 0 aromatic heterocycles. The van der Waals surface area contributed by atoms with E-state index in [1.807, 2.05) is 0 Å². The summed E-state index contributed by atoms with van der Waals surface area (Å²) in [5, 5.41) is 12.6. The molecule has 0 amide bonds. The summed E-state index contributed by atoms with van der Waals surface area (Å²) in [4.78, 5) is 11.6. The van der Waals surface area contributed by atoms with E-state index in [0.29, 0.717) is 19.1 Å². The quantitative estimate of drug-likeness (QED) is 0.292. The van der Waals surface area contributed by atoms with E-state index in [4.69, 9.17) is 4.74 Å². The molecular weight excluding hydrogens is 314 g/mol. The van der Waals surface area contributed by atoms with Crippen LogP contribution in [0.2, 0.25) is 0 Å². The molecule has 0 aromatic carbocycles. The lowest BCUT2D eigenvalue weighted by Crippen LogP contribution is -2.44. The molecule has 4 heteroatoms. The van der Waals surface area contributed by atoms with Gasteiger partial charge in [0.15, 0.2) is 0 Å². The number of carbonyl (C=O) groups is 1. The Labute approximate surface area is 155 Å². The molecule has 1 saturated carbocycles. The van der Waals surface area contributed by atoms with Crippen molar-refractivity contribution in [2.45, 2.75) is 115 Å². The highest BCUT2D eigenvalue weighted by atomic mass is 16.5. The van der Waals surface area contributed by atoms with Crippen LogP contribution in [0.3, 0.4) is 0 Å². The second-order valence-electron chi connectivity index (χ2n) is 7.64. The fraction of sp³-hybridized carbons (Fsp3) is 0.952. The third-order valence-corrected chi connectivity index (χ3v) is 5.11. The molecule has 1 aliphatic rings. The highest BCUT2D eigenvalue weighted by Crippen LogP contribution is 2.19. The van der Waals surface area contributed by atoms with Gasteiger partial charge in [0.05, 0.1) is 12.7 Å². The van der Waals surface area contributed by atoms with E-state index in [9.17, 15) is 9.90 Å². The van der Waals surface area contributed by atoms with Crippen molar-refractivity contribution in [2.24, 2.45) is 0 Å². The summed E-state index contributed by atoms with van der Waals surface area (Å²) in [5.74, 6) is -0.0327. The van der Waals surface area contributed by atoms with Crippen LogP contribution in [0.1, 0.15) is 103 Å². The van der Waals surface area contributed by atoms with Crippen molar-refractivity contribution in [3.8, 4) is 0 Å². The van der Waals surface area contributed by atoms with Crippen molar-refractivity contribution in [3.05, 3.63) is 0 Å². The Bertz CT molecular complexity index is 316. The Hall–Kier alpha value is -0.610. The number of aliphatic hydroxyl groups is 1. The average Bonchev–Trinajstić information content (AvgIpc) is 2.57. The zero-order valence-electron chi connectivity index (χ0n) is 16.4. The number of hydrogen-bond acceptors (Lipinski definition) is 4. The number of nitrogens with one attached hydrogen (secondary N) is 1. The number of ether oxygens (including phenoxy) is 1. The lowest BCUT2D eigenvalue weighted by molar-refractivity contribution is -0.143. The van der Waals surface area contributed by atoms with Gasteiger partial charge in [0, 0.05) is 12.5 Å². The smallest absolute Gasteiger partial charge is 0.305 e. The highest BCUT2D eigenvalue weighted by Gasteiger charge is 2.25. The fourth-order valence-electron chi connectivity index (χ4n) is 3.30. The van der Waals surface area contributed by atoms with Crippen LogP contribution in [0.5, 0.6) is 0 Å². The Balaban J connectivity index is 1.72. The van der Waals surface area contributed by atoms with Gasteiger partial charge in [-0.05, 0) is 38.6 Å². The molecule has 0 bridgehead atoms. The van der Waals surface area contributed by atoms with Crippen LogP contribution >= 0.6 is 0 Å². The summed E-state index contributed by atoms with van der Waals surface area (Å²) >= 11 is 0. The number of carbonyl (C=O) groups excluding carboxylic acids is 1. The SMILES string of the molecule is CCCCCCCCCCCOC(=O)CCCCCNC1CC(O)C1. The number of rotatable bonds is 17. The third-order valence-electron chi connectivity index (χ3n) is 5.11. The van der Waals surface area contributed by atoms with Gasteiger partial charge in [-0.1, -0.05) is 64.7 Å². The van der Waals surface area contributed by atoms with Crippen LogP contribution in [0, 0.1) is 0 Å². The van der Waals surface area contributed by atoms with Gasteiger partial charge in [0.2, 0.25) is 0 Å². The molecule has 1 rings (SSSR count). The zero-order valence-corrected chi connectivity index (χ0v) is 16.4. The van der Waals surface area contributed by atoms with E-state index < -0.39 is 0 Å². The van der Waals surface area contributed by atoms with Crippen molar-refractivity contribution in [1.29, 1.82) is 0 Å². The molecule has 148 valence electrons. The lowest BCUT2D eigenvalue weighted by atomic mass is 9.89. The van der Waals surface area contributed by atoms with E-state index in [0.717, 1.165) is 45.1 Å². The summed E-state index contributed by atoms with van der Waals surface area (Å²) in [7, 11) is 0. The molecule has 0 spiro atoms. The summed E-state index contributed by atoms with van der Waals surface area (Å²) in [6.07, 6.45) is 16.9. The molecular formula is C21H41NO3. The Kier molecular flexibility index (Phi) is 14.0. The van der Waals surface area contributed by atoms with Crippen molar-refractivity contribution < 1.29 is 14.6 Å². The number of hydrogen-bond donors (Lipinski definition) is 2. The minimum atomic E-state index is -0.0851. The minimum Gasteiger partial charge on any atom is -0.466 e. The molecule has 0 atom stereocenters. The van der Waals surface area contributed by atoms with Gasteiger partial charge in [-0.25, -0.2) is 0 Å². The summed E-state index contributed by atoms with van der Waals surface area (Å²) in [6.45, 7) is 3.84. The molecule has 25 heavy (non-hydrogen) atoms. The second kappa shape index (κ2) is 15.6. The van der Waals surface area contributed by atoms with Gasteiger partial charge in [-0.3, -0.25) is 4.79 Å². The van der Waals surface area contributed by atoms with Crippen molar-refractivity contribution >= 4 is 5.97 Å². The molecule has 2 N–H and O–H groups in total. The van der Waals surface area contributed by atoms with Gasteiger partial charge in [0.25, 0.3) is 0 Å². The molecule has 4 nitrogen and oxygen atoms in total. The predicted molar refractivity (Wildman–Crippen MR) is 104 cm³/mol. The fourth-order valence-corrected chi connectivity index (χ4v) is 3.30. The van der Waals surface area contributed by atoms with Gasteiger partial charge in [-0.15, -0.1) is 0 Å². The number of aliphatic hydroxyl groups excluding tert-OH is 1. The maximum atomic E-state index is 11.6. The summed E-state index contributed by atoms with van der Waals surface area (Å²) in [5.41, 5.74) is 0. The summed E-state index contributed by atoms with van der Waals surface area (Å²) < 4.78 is 5.30. The van der Waals surface area contributed by atoms with Crippen molar-refractivity contribution in [3.63, 3.8) is 0 Å². The van der Waals surface area contributed by atoms with E-state index >= 15 is 0 Å². The largest absolute Gasteiger partial charge is 0.466 e. The Morgan fingerprint density at radius 3 is 2.16 bits per heavy atom. The van der Waals surface area contributed by atoms with Gasteiger partial charge < -0.3 is 15.2 Å². The molecule has 0 heterocycles. The summed E-state index contributed by atoms with van der Waals surface area (Å²) in [6, 6.07) is 0.510. The number of esters is 1. The first-order valence-electron chi connectivity index (χ1n) is 10.8. The monoisotopic (exact) mass is 355 g/mol. The maximum Gasteiger partial charge on any atom is 0.305 e. The maximum absolute atomic E-state index is 11.6. The highest BCUT2D eigenvalue weighted by molar-refractivity contribution is 5.69. The molecule has 0 unspecified atom stereocenters. The molecule has 1 aliphatic carbocycles. The number of unbranched alkanes of at least 4 members (excludes halogenated alkanes) is 10. The minimum absolute atomic E-state index is 0.0327. The lowest BCUT2D eigenvalue weighted by Gasteiger charge is -2.32. The van der Waals surface area contributed by atoms with E-state index in [1.54, 1.807) is 0 Å². The Morgan fingerprint density at radius 2 is 1.52 bits per heavy atom. The first kappa shape index (κ1) is 22.4. The molecule has 0 saturated heterocycles.